The smallest absolute Gasteiger partial charge is 0.138 e. The number of hydrogen-bond acceptors (Lipinski definition) is 3. The third-order valence-electron chi connectivity index (χ3n) is 10.3. The van der Waals surface area contributed by atoms with E-state index < -0.39 is 0 Å². The molecule has 0 radical (unpaired) electrons. The van der Waals surface area contributed by atoms with E-state index in [4.69, 9.17) is 4.74 Å². The first kappa shape index (κ1) is 30.1. The van der Waals surface area contributed by atoms with Gasteiger partial charge in [0, 0.05) is 30.5 Å². The van der Waals surface area contributed by atoms with Crippen molar-refractivity contribution >= 4 is 5.78 Å². The highest BCUT2D eigenvalue weighted by atomic mass is 16.5. The van der Waals surface area contributed by atoms with Crippen molar-refractivity contribution in [3.63, 3.8) is 0 Å². The molecule has 0 N–H and O–H groups in total. The molecule has 0 atom stereocenters. The predicted octanol–water partition coefficient (Wildman–Crippen LogP) is 9.66. The van der Waals surface area contributed by atoms with Crippen LogP contribution >= 0.6 is 0 Å². The topological polar surface area (TPSA) is 29.5 Å². The molecule has 0 aromatic heterocycles. The van der Waals surface area contributed by atoms with Crippen LogP contribution in [-0.2, 0) is 11.3 Å². The minimum Gasteiger partial charge on any atom is -0.494 e. The maximum Gasteiger partial charge on any atom is 0.138 e. The number of allylic oxidation sites excluding steroid dienone is 1. The van der Waals surface area contributed by atoms with E-state index in [1.807, 2.05) is 0 Å². The maximum atomic E-state index is 12.7. The Bertz CT molecular complexity index is 1240. The molecule has 3 heteroatoms. The number of ketones is 1. The Morgan fingerprint density at radius 1 is 1.00 bits per heavy atom. The summed E-state index contributed by atoms with van der Waals surface area (Å²) in [6, 6.07) is 13.8. The van der Waals surface area contributed by atoms with E-state index in [-0.39, 0.29) is 17.3 Å². The van der Waals surface area contributed by atoms with Gasteiger partial charge in [-0.2, -0.15) is 0 Å². The van der Waals surface area contributed by atoms with Crippen LogP contribution in [0.1, 0.15) is 115 Å². The zero-order valence-electron chi connectivity index (χ0n) is 26.7. The number of hydrogen-bond donors (Lipinski definition) is 0. The molecular formula is C38H53NO2. The van der Waals surface area contributed by atoms with E-state index >= 15 is 0 Å². The minimum absolute atomic E-state index is 0.160. The molecule has 0 unspecified atom stereocenters. The summed E-state index contributed by atoms with van der Waals surface area (Å²) in [5.74, 6) is 2.65. The van der Waals surface area contributed by atoms with Crippen molar-refractivity contribution in [1.82, 2.24) is 4.90 Å². The van der Waals surface area contributed by atoms with Gasteiger partial charge >= 0.3 is 0 Å². The number of nitrogens with zero attached hydrogens (tertiary/aromatic N) is 1. The molecule has 2 aromatic rings. The Hall–Kier alpha value is -2.39. The molecule has 2 aliphatic carbocycles. The Morgan fingerprint density at radius 2 is 1.71 bits per heavy atom. The van der Waals surface area contributed by atoms with E-state index in [0.717, 1.165) is 57.5 Å². The molecule has 2 saturated carbocycles. The summed E-state index contributed by atoms with van der Waals surface area (Å²) < 4.78 is 6.31. The number of carbonyl (C=O) groups is 1. The SMILES string of the molecule is CCOc1cc(-c2ccc(C)cc2)c(C2CC2)cc1CN1CCCC(C)=C(C2(C)CCC(C(=O)C(C)C)CC2)CC1. The molecule has 2 aromatic carbocycles. The van der Waals surface area contributed by atoms with Crippen LogP contribution in [-0.4, -0.2) is 30.4 Å². The number of Topliss-reactive ketones (excluding diaryl/α,β-unsaturated/α-hetero) is 1. The lowest BCUT2D eigenvalue weighted by molar-refractivity contribution is -0.127. The fourth-order valence-corrected chi connectivity index (χ4v) is 7.61. The standard InChI is InChI=1S/C38H53NO2/c1-7-41-36-24-34(29-12-10-27(4)11-13-29)33(30-14-15-30)23-32(36)25-39-21-8-9-28(5)35(18-22-39)38(6)19-16-31(17-20-38)37(40)26(2)3/h10-13,23-24,26,30-31H,7-9,14-22,25H2,1-6H3. The van der Waals surface area contributed by atoms with Crippen molar-refractivity contribution in [2.24, 2.45) is 17.3 Å². The van der Waals surface area contributed by atoms with E-state index in [1.54, 1.807) is 11.1 Å². The van der Waals surface area contributed by atoms with Crippen molar-refractivity contribution in [2.75, 3.05) is 19.7 Å². The molecule has 1 heterocycles. The molecule has 0 spiro atoms. The second kappa shape index (κ2) is 12.9. The average Bonchev–Trinajstić information content (AvgIpc) is 3.78. The van der Waals surface area contributed by atoms with Crippen molar-refractivity contribution in [1.29, 1.82) is 0 Å². The number of ether oxygens (including phenoxy) is 1. The Balaban J connectivity index is 1.34. The van der Waals surface area contributed by atoms with Gasteiger partial charge in [-0.1, -0.05) is 61.7 Å². The predicted molar refractivity (Wildman–Crippen MR) is 171 cm³/mol. The van der Waals surface area contributed by atoms with E-state index in [2.05, 4.69) is 82.8 Å². The van der Waals surface area contributed by atoms with Crippen LogP contribution in [0.2, 0.25) is 0 Å². The summed E-state index contributed by atoms with van der Waals surface area (Å²) in [5.41, 5.74) is 10.4. The first-order chi connectivity index (χ1) is 19.7. The largest absolute Gasteiger partial charge is 0.494 e. The van der Waals surface area contributed by atoms with Gasteiger partial charge in [-0.05, 0) is 125 Å². The van der Waals surface area contributed by atoms with Crippen LogP contribution < -0.4 is 4.74 Å². The quantitative estimate of drug-likeness (QED) is 0.288. The maximum absolute atomic E-state index is 12.7. The molecule has 0 bridgehead atoms. The third kappa shape index (κ3) is 6.99. The molecule has 0 amide bonds. The van der Waals surface area contributed by atoms with Gasteiger partial charge in [0.25, 0.3) is 0 Å². The zero-order chi connectivity index (χ0) is 29.1. The van der Waals surface area contributed by atoms with Crippen LogP contribution in [0.15, 0.2) is 47.5 Å². The Labute approximate surface area is 249 Å². The second-order valence-corrected chi connectivity index (χ2v) is 13.9. The van der Waals surface area contributed by atoms with Crippen molar-refractivity contribution in [3.8, 4) is 16.9 Å². The third-order valence-corrected chi connectivity index (χ3v) is 10.3. The van der Waals surface area contributed by atoms with Crippen LogP contribution in [0.3, 0.4) is 0 Å². The van der Waals surface area contributed by atoms with E-state index in [0.29, 0.717) is 18.3 Å². The first-order valence-corrected chi connectivity index (χ1v) is 16.5. The summed E-state index contributed by atoms with van der Waals surface area (Å²) >= 11 is 0. The van der Waals surface area contributed by atoms with Gasteiger partial charge < -0.3 is 4.74 Å². The van der Waals surface area contributed by atoms with E-state index in [1.165, 1.54) is 53.5 Å². The van der Waals surface area contributed by atoms with Gasteiger partial charge in [0.15, 0.2) is 0 Å². The van der Waals surface area contributed by atoms with Crippen LogP contribution in [0, 0.1) is 24.2 Å². The summed E-state index contributed by atoms with van der Waals surface area (Å²) in [6.45, 7) is 17.1. The fourth-order valence-electron chi connectivity index (χ4n) is 7.61. The summed E-state index contributed by atoms with van der Waals surface area (Å²) in [7, 11) is 0. The summed E-state index contributed by atoms with van der Waals surface area (Å²) in [4.78, 5) is 15.4. The fraction of sp³-hybridized carbons (Fsp3) is 0.605. The molecule has 41 heavy (non-hydrogen) atoms. The van der Waals surface area contributed by atoms with Gasteiger partial charge in [-0.15, -0.1) is 0 Å². The normalized spacial score (nSPS) is 24.3. The average molecular weight is 556 g/mol. The van der Waals surface area contributed by atoms with Crippen molar-refractivity contribution in [2.45, 2.75) is 112 Å². The Kier molecular flexibility index (Phi) is 9.43. The lowest BCUT2D eigenvalue weighted by Crippen LogP contribution is -2.34. The molecule has 5 rings (SSSR count). The second-order valence-electron chi connectivity index (χ2n) is 13.9. The van der Waals surface area contributed by atoms with Crippen LogP contribution in [0.5, 0.6) is 5.75 Å². The first-order valence-electron chi connectivity index (χ1n) is 16.5. The summed E-state index contributed by atoms with van der Waals surface area (Å²) in [6.07, 6.45) is 10.6. The van der Waals surface area contributed by atoms with E-state index in [9.17, 15) is 4.79 Å². The molecule has 3 aliphatic rings. The van der Waals surface area contributed by atoms with Crippen LogP contribution in [0.4, 0.5) is 0 Å². The van der Waals surface area contributed by atoms with Crippen molar-refractivity contribution in [3.05, 3.63) is 64.2 Å². The highest BCUT2D eigenvalue weighted by Crippen LogP contribution is 2.49. The number of rotatable bonds is 9. The zero-order valence-corrected chi connectivity index (χ0v) is 26.7. The molecule has 1 aliphatic heterocycles. The van der Waals surface area contributed by atoms with Gasteiger partial charge in [0.2, 0.25) is 0 Å². The molecular weight excluding hydrogens is 502 g/mol. The number of benzene rings is 2. The minimum atomic E-state index is 0.160. The molecule has 2 fully saturated rings. The lowest BCUT2D eigenvalue weighted by Gasteiger charge is -2.42. The Morgan fingerprint density at radius 3 is 2.34 bits per heavy atom. The summed E-state index contributed by atoms with van der Waals surface area (Å²) in [5, 5.41) is 0. The van der Waals surface area contributed by atoms with Crippen molar-refractivity contribution < 1.29 is 9.53 Å². The molecule has 222 valence electrons. The van der Waals surface area contributed by atoms with Gasteiger partial charge in [-0.3, -0.25) is 9.69 Å². The van der Waals surface area contributed by atoms with Gasteiger partial charge in [-0.25, -0.2) is 0 Å². The monoisotopic (exact) mass is 555 g/mol. The molecule has 0 saturated heterocycles. The highest BCUT2D eigenvalue weighted by molar-refractivity contribution is 5.82. The highest BCUT2D eigenvalue weighted by Gasteiger charge is 2.38. The molecule has 3 nitrogen and oxygen atoms in total. The number of aryl methyl sites for hydroxylation is 1. The number of carbonyl (C=O) groups excluding carboxylic acids is 1. The van der Waals surface area contributed by atoms with Gasteiger partial charge in [0.1, 0.15) is 11.5 Å². The van der Waals surface area contributed by atoms with Crippen LogP contribution in [0.25, 0.3) is 11.1 Å². The lowest BCUT2D eigenvalue weighted by atomic mass is 9.64. The van der Waals surface area contributed by atoms with Gasteiger partial charge in [0.05, 0.1) is 6.61 Å².